The largest absolute Gasteiger partial charge is 0.358 e. The summed E-state index contributed by atoms with van der Waals surface area (Å²) in [4.78, 5) is 16.4. The topological polar surface area (TPSA) is 106 Å². The van der Waals surface area contributed by atoms with Crippen LogP contribution in [0.2, 0.25) is 0 Å². The molecule has 138 valence electrons. The number of sulfonamides is 1. The van der Waals surface area contributed by atoms with E-state index < -0.39 is 10.0 Å². The van der Waals surface area contributed by atoms with Crippen molar-refractivity contribution in [2.24, 2.45) is 0 Å². The van der Waals surface area contributed by atoms with Crippen LogP contribution in [0, 0.1) is 18.3 Å². The number of fused-ring (bicyclic) bond motifs is 1. The highest BCUT2D eigenvalue weighted by Crippen LogP contribution is 2.30. The molecule has 7 nitrogen and oxygen atoms in total. The number of nitriles is 1. The van der Waals surface area contributed by atoms with Gasteiger partial charge in [0.2, 0.25) is 0 Å². The Balaban J connectivity index is 2.04. The first kappa shape index (κ1) is 18.5. The van der Waals surface area contributed by atoms with Crippen LogP contribution >= 0.6 is 0 Å². The molecule has 2 aromatic carbocycles. The summed E-state index contributed by atoms with van der Waals surface area (Å²) in [6.07, 6.45) is 1.55. The third-order valence-electron chi connectivity index (χ3n) is 4.21. The Morgan fingerprint density at radius 2 is 1.96 bits per heavy atom. The molecule has 0 spiro atoms. The lowest BCUT2D eigenvalue weighted by Crippen LogP contribution is -2.22. The molecular formula is C19H18N4O3S. The average Bonchev–Trinajstić information content (AvgIpc) is 3.08. The van der Waals surface area contributed by atoms with Crippen molar-refractivity contribution in [2.45, 2.75) is 11.8 Å². The zero-order valence-electron chi connectivity index (χ0n) is 15.1. The molecule has 8 heteroatoms. The monoisotopic (exact) mass is 382 g/mol. The Hall–Kier alpha value is -3.31. The van der Waals surface area contributed by atoms with Gasteiger partial charge in [-0.1, -0.05) is 12.1 Å². The summed E-state index contributed by atoms with van der Waals surface area (Å²) in [5.74, 6) is -0.284. The van der Waals surface area contributed by atoms with Gasteiger partial charge in [-0.2, -0.15) is 5.26 Å². The van der Waals surface area contributed by atoms with E-state index in [1.807, 2.05) is 6.92 Å². The number of amides is 1. The van der Waals surface area contributed by atoms with Crippen LogP contribution < -0.4 is 4.72 Å². The molecule has 0 saturated carbocycles. The number of carbonyl (C=O) groups excluding carboxylic acids is 1. The number of aryl methyl sites for hydroxylation is 1. The lowest BCUT2D eigenvalue weighted by Gasteiger charge is -2.13. The minimum Gasteiger partial charge on any atom is -0.358 e. The van der Waals surface area contributed by atoms with Gasteiger partial charge in [-0.05, 0) is 36.8 Å². The van der Waals surface area contributed by atoms with Crippen molar-refractivity contribution < 1.29 is 13.2 Å². The number of hydrogen-bond donors (Lipinski definition) is 2. The smallest absolute Gasteiger partial charge is 0.261 e. The molecule has 0 atom stereocenters. The van der Waals surface area contributed by atoms with Gasteiger partial charge in [0.05, 0.1) is 21.7 Å². The van der Waals surface area contributed by atoms with Gasteiger partial charge in [-0.3, -0.25) is 9.52 Å². The fourth-order valence-corrected chi connectivity index (χ4v) is 3.97. The van der Waals surface area contributed by atoms with Crippen LogP contribution in [-0.2, 0) is 10.0 Å². The number of anilines is 1. The normalized spacial score (nSPS) is 11.2. The standard InChI is InChI=1S/C19H18N4O3S/c1-12-7-8-16(18-17(12)14(10-20)11-21-18)22-27(25,26)15-6-4-5-13(9-15)19(24)23(2)3/h4-9,11,21-22H,1-3H3. The number of nitrogens with zero attached hydrogens (tertiary/aromatic N) is 2. The van der Waals surface area contributed by atoms with Crippen molar-refractivity contribution >= 4 is 32.5 Å². The lowest BCUT2D eigenvalue weighted by atomic mass is 10.1. The number of H-pyrrole nitrogens is 1. The van der Waals surface area contributed by atoms with Crippen molar-refractivity contribution in [1.82, 2.24) is 9.88 Å². The molecule has 2 N–H and O–H groups in total. The summed E-state index contributed by atoms with van der Waals surface area (Å²) in [7, 11) is -0.720. The molecule has 0 aliphatic heterocycles. The molecule has 0 aliphatic carbocycles. The molecule has 0 saturated heterocycles. The second-order valence-electron chi connectivity index (χ2n) is 6.33. The number of aromatic amines is 1. The number of aromatic nitrogens is 1. The minimum atomic E-state index is -3.92. The van der Waals surface area contributed by atoms with E-state index in [-0.39, 0.29) is 16.4 Å². The molecule has 0 fully saturated rings. The molecule has 1 aromatic heterocycles. The van der Waals surface area contributed by atoms with E-state index in [0.717, 1.165) is 5.56 Å². The van der Waals surface area contributed by atoms with Gasteiger partial charge in [0.15, 0.2) is 0 Å². The molecular weight excluding hydrogens is 364 g/mol. The van der Waals surface area contributed by atoms with Crippen molar-refractivity contribution in [3.05, 3.63) is 59.3 Å². The third-order valence-corrected chi connectivity index (χ3v) is 5.57. The molecule has 0 unspecified atom stereocenters. The summed E-state index contributed by atoms with van der Waals surface area (Å²) >= 11 is 0. The van der Waals surface area contributed by atoms with Gasteiger partial charge in [-0.25, -0.2) is 8.42 Å². The van der Waals surface area contributed by atoms with E-state index in [4.69, 9.17) is 0 Å². The zero-order chi connectivity index (χ0) is 19.8. The Labute approximate surface area is 157 Å². The van der Waals surface area contributed by atoms with Crippen molar-refractivity contribution in [2.75, 3.05) is 18.8 Å². The van der Waals surface area contributed by atoms with Crippen LogP contribution in [0.25, 0.3) is 10.9 Å². The summed E-state index contributed by atoms with van der Waals surface area (Å²) in [6.45, 7) is 1.85. The van der Waals surface area contributed by atoms with Crippen molar-refractivity contribution in [3.63, 3.8) is 0 Å². The number of nitrogens with one attached hydrogen (secondary N) is 2. The molecule has 27 heavy (non-hydrogen) atoms. The Bertz CT molecular complexity index is 1190. The summed E-state index contributed by atoms with van der Waals surface area (Å²) in [5, 5.41) is 9.91. The minimum absolute atomic E-state index is 0.0176. The van der Waals surface area contributed by atoms with Crippen LogP contribution in [0.4, 0.5) is 5.69 Å². The second kappa shape index (κ2) is 6.78. The van der Waals surface area contributed by atoms with Gasteiger partial charge >= 0.3 is 0 Å². The molecule has 0 aliphatic rings. The van der Waals surface area contributed by atoms with Gasteiger partial charge in [-0.15, -0.1) is 0 Å². The molecule has 3 rings (SSSR count). The van der Waals surface area contributed by atoms with E-state index in [1.54, 1.807) is 38.5 Å². The number of benzene rings is 2. The summed E-state index contributed by atoms with van der Waals surface area (Å²) in [6, 6.07) is 11.3. The fourth-order valence-electron chi connectivity index (χ4n) is 2.85. The Kier molecular flexibility index (Phi) is 4.64. The van der Waals surface area contributed by atoms with Crippen LogP contribution in [0.1, 0.15) is 21.5 Å². The third kappa shape index (κ3) is 3.37. The van der Waals surface area contributed by atoms with E-state index in [1.165, 1.54) is 23.1 Å². The van der Waals surface area contributed by atoms with Crippen LogP contribution in [0.5, 0.6) is 0 Å². The molecule has 0 radical (unpaired) electrons. The summed E-state index contributed by atoms with van der Waals surface area (Å²) < 4.78 is 28.2. The highest BCUT2D eigenvalue weighted by Gasteiger charge is 2.19. The average molecular weight is 382 g/mol. The second-order valence-corrected chi connectivity index (χ2v) is 8.01. The van der Waals surface area contributed by atoms with Crippen molar-refractivity contribution in [3.8, 4) is 6.07 Å². The first-order valence-electron chi connectivity index (χ1n) is 8.10. The predicted molar refractivity (Wildman–Crippen MR) is 103 cm³/mol. The predicted octanol–water partition coefficient (Wildman–Crippen LogP) is 2.85. The first-order chi connectivity index (χ1) is 12.7. The van der Waals surface area contributed by atoms with Crippen molar-refractivity contribution in [1.29, 1.82) is 5.26 Å². The van der Waals surface area contributed by atoms with Crippen LogP contribution in [0.15, 0.2) is 47.5 Å². The highest BCUT2D eigenvalue weighted by atomic mass is 32.2. The molecule has 1 amide bonds. The van der Waals surface area contributed by atoms with Gasteiger partial charge in [0, 0.05) is 31.2 Å². The quantitative estimate of drug-likeness (QED) is 0.723. The highest BCUT2D eigenvalue weighted by molar-refractivity contribution is 7.92. The maximum absolute atomic E-state index is 12.8. The lowest BCUT2D eigenvalue weighted by molar-refractivity contribution is 0.0827. The van der Waals surface area contributed by atoms with Crippen LogP contribution in [0.3, 0.4) is 0 Å². The number of hydrogen-bond acceptors (Lipinski definition) is 4. The van der Waals surface area contributed by atoms with E-state index in [2.05, 4.69) is 15.8 Å². The van der Waals surface area contributed by atoms with Gasteiger partial charge in [0.1, 0.15) is 6.07 Å². The summed E-state index contributed by atoms with van der Waals surface area (Å²) in [5.41, 5.74) is 2.46. The molecule has 0 bridgehead atoms. The maximum Gasteiger partial charge on any atom is 0.261 e. The van der Waals surface area contributed by atoms with Gasteiger partial charge in [0.25, 0.3) is 15.9 Å². The van der Waals surface area contributed by atoms with E-state index >= 15 is 0 Å². The number of carbonyl (C=O) groups is 1. The van der Waals surface area contributed by atoms with E-state index in [0.29, 0.717) is 22.2 Å². The molecule has 3 aromatic rings. The number of rotatable bonds is 4. The molecule has 1 heterocycles. The first-order valence-corrected chi connectivity index (χ1v) is 9.58. The fraction of sp³-hybridized carbons (Fsp3) is 0.158. The Morgan fingerprint density at radius 3 is 2.63 bits per heavy atom. The van der Waals surface area contributed by atoms with Gasteiger partial charge < -0.3 is 9.88 Å². The Morgan fingerprint density at radius 1 is 1.22 bits per heavy atom. The van der Waals surface area contributed by atoms with Crippen LogP contribution in [-0.4, -0.2) is 38.3 Å². The maximum atomic E-state index is 12.8. The van der Waals surface area contributed by atoms with E-state index in [9.17, 15) is 18.5 Å². The SMILES string of the molecule is Cc1ccc(NS(=O)(=O)c2cccc(C(=O)N(C)C)c2)c2[nH]cc(C#N)c12. The zero-order valence-corrected chi connectivity index (χ0v) is 15.9.